The fourth-order valence-corrected chi connectivity index (χ4v) is 4.62. The highest BCUT2D eigenvalue weighted by Crippen LogP contribution is 2.36. The van der Waals surface area contributed by atoms with Gasteiger partial charge in [-0.3, -0.25) is 14.5 Å². The summed E-state index contributed by atoms with van der Waals surface area (Å²) >= 11 is 0. The molecule has 6 nitrogen and oxygen atoms in total. The van der Waals surface area contributed by atoms with Crippen LogP contribution in [0.4, 0.5) is 0 Å². The predicted octanol–water partition coefficient (Wildman–Crippen LogP) is 2.92. The van der Waals surface area contributed by atoms with E-state index >= 15 is 0 Å². The van der Waals surface area contributed by atoms with Gasteiger partial charge in [0.2, 0.25) is 0 Å². The Hall–Kier alpha value is -3.40. The topological polar surface area (TPSA) is 71.3 Å². The average Bonchev–Trinajstić information content (AvgIpc) is 3.24. The smallest absolute Gasteiger partial charge is 0.320 e. The number of benzene rings is 2. The number of hydrogen-bond donors (Lipinski definition) is 0. The first-order valence-electron chi connectivity index (χ1n) is 11.4. The van der Waals surface area contributed by atoms with E-state index in [0.717, 1.165) is 56.8 Å². The van der Waals surface area contributed by atoms with Crippen molar-refractivity contribution in [2.24, 2.45) is 9.98 Å². The van der Waals surface area contributed by atoms with Crippen LogP contribution in [0, 0.1) is 11.8 Å². The fourth-order valence-electron chi connectivity index (χ4n) is 4.62. The van der Waals surface area contributed by atoms with E-state index in [2.05, 4.69) is 63.1 Å². The molecule has 1 amide bonds. The number of fused-ring (bicyclic) bond motifs is 1. The Morgan fingerprint density at radius 1 is 1.00 bits per heavy atom. The first-order valence-corrected chi connectivity index (χ1v) is 11.4. The number of hydrogen-bond acceptors (Lipinski definition) is 5. The Morgan fingerprint density at radius 3 is 2.58 bits per heavy atom. The zero-order valence-corrected chi connectivity index (χ0v) is 18.4. The Bertz CT molecular complexity index is 1200. The molecule has 5 rings (SSSR count). The first kappa shape index (κ1) is 21.4. The lowest BCUT2D eigenvalue weighted by molar-refractivity contribution is -0.132. The highest BCUT2D eigenvalue weighted by Gasteiger charge is 2.29. The molecule has 166 valence electrons. The minimum Gasteiger partial charge on any atom is -0.379 e. The number of Topliss-reactive ketones (excluding diaryl/α,β-unsaturated/α-hetero) is 1. The van der Waals surface area contributed by atoms with Crippen molar-refractivity contribution in [1.29, 1.82) is 0 Å². The maximum Gasteiger partial charge on any atom is 0.320 e. The van der Waals surface area contributed by atoms with Gasteiger partial charge in [0.05, 0.1) is 18.9 Å². The summed E-state index contributed by atoms with van der Waals surface area (Å²) in [5.74, 6) is 5.45. The maximum absolute atomic E-state index is 12.0. The molecule has 3 aliphatic rings. The van der Waals surface area contributed by atoms with Crippen LogP contribution in [0.5, 0.6) is 0 Å². The molecule has 0 N–H and O–H groups in total. The summed E-state index contributed by atoms with van der Waals surface area (Å²) < 4.78 is 5.41. The number of nitrogens with zero attached hydrogens (tertiary/aromatic N) is 3. The molecule has 2 aromatic rings. The van der Waals surface area contributed by atoms with E-state index in [9.17, 15) is 9.59 Å². The van der Waals surface area contributed by atoms with Gasteiger partial charge in [-0.25, -0.2) is 4.99 Å². The van der Waals surface area contributed by atoms with E-state index in [-0.39, 0.29) is 5.92 Å². The van der Waals surface area contributed by atoms with E-state index in [1.165, 1.54) is 23.0 Å². The van der Waals surface area contributed by atoms with E-state index in [1.807, 2.05) is 6.07 Å². The second-order valence-corrected chi connectivity index (χ2v) is 8.64. The number of carbonyl (C=O) groups is 2. The highest BCUT2D eigenvalue weighted by atomic mass is 16.5. The van der Waals surface area contributed by atoms with E-state index in [1.54, 1.807) is 0 Å². The molecule has 0 radical (unpaired) electrons. The minimum atomic E-state index is -0.724. The van der Waals surface area contributed by atoms with Crippen molar-refractivity contribution >= 4 is 23.7 Å². The molecule has 1 saturated heterocycles. The van der Waals surface area contributed by atoms with Crippen LogP contribution in [0.3, 0.4) is 0 Å². The van der Waals surface area contributed by atoms with Crippen molar-refractivity contribution in [1.82, 2.24) is 4.90 Å². The van der Waals surface area contributed by atoms with Crippen LogP contribution in [0.1, 0.15) is 46.6 Å². The maximum atomic E-state index is 12.0. The van der Waals surface area contributed by atoms with Crippen LogP contribution in [0.15, 0.2) is 52.4 Å². The molecule has 1 unspecified atom stereocenters. The van der Waals surface area contributed by atoms with Crippen molar-refractivity contribution in [3.8, 4) is 11.8 Å². The number of carbonyl (C=O) groups excluding carboxylic acids is 2. The van der Waals surface area contributed by atoms with Gasteiger partial charge in [0.25, 0.3) is 5.78 Å². The van der Waals surface area contributed by atoms with Crippen molar-refractivity contribution < 1.29 is 14.3 Å². The molecular formula is C27H25N3O3. The Balaban J connectivity index is 1.23. The standard InChI is InChI=1S/C27H25N3O3/c31-26-25(28-18-29-27(26)32)16-23-9-8-22-15-20(7-10-24(22)23)4-1-19-2-5-21(6-3-19)17-30-11-13-33-14-12-30/h2-3,5-7,10,15,18,23H,8-9,11-14,16-17H2. The molecule has 1 fully saturated rings. The molecule has 2 aliphatic heterocycles. The summed E-state index contributed by atoms with van der Waals surface area (Å²) in [6.07, 6.45) is 3.54. The number of rotatable bonds is 4. The first-order chi connectivity index (χ1) is 16.2. The lowest BCUT2D eigenvalue weighted by atomic mass is 9.93. The lowest BCUT2D eigenvalue weighted by Crippen LogP contribution is -2.35. The summed E-state index contributed by atoms with van der Waals surface area (Å²) in [5, 5.41) is 0. The summed E-state index contributed by atoms with van der Waals surface area (Å²) in [6.45, 7) is 4.54. The molecule has 0 spiro atoms. The van der Waals surface area contributed by atoms with E-state index in [0.29, 0.717) is 12.1 Å². The molecule has 0 aromatic heterocycles. The number of ketones is 1. The minimum absolute atomic E-state index is 0.197. The zero-order valence-electron chi connectivity index (χ0n) is 18.4. The van der Waals surface area contributed by atoms with Crippen molar-refractivity contribution in [3.63, 3.8) is 0 Å². The summed E-state index contributed by atoms with van der Waals surface area (Å²) in [6, 6.07) is 14.7. The summed E-state index contributed by atoms with van der Waals surface area (Å²) in [5.41, 5.74) is 6.07. The number of amides is 1. The number of morpholine rings is 1. The van der Waals surface area contributed by atoms with Crippen molar-refractivity contribution in [2.75, 3.05) is 26.3 Å². The van der Waals surface area contributed by atoms with Crippen LogP contribution < -0.4 is 0 Å². The third-order valence-corrected chi connectivity index (χ3v) is 6.44. The zero-order chi connectivity index (χ0) is 22.6. The van der Waals surface area contributed by atoms with Gasteiger partial charge in [-0.2, -0.15) is 4.99 Å². The number of ether oxygens (including phenoxy) is 1. The van der Waals surface area contributed by atoms with Gasteiger partial charge in [-0.05, 0) is 59.7 Å². The molecule has 0 saturated carbocycles. The molecule has 33 heavy (non-hydrogen) atoms. The number of aryl methyl sites for hydroxylation is 1. The third-order valence-electron chi connectivity index (χ3n) is 6.44. The van der Waals surface area contributed by atoms with Crippen LogP contribution in [0.25, 0.3) is 0 Å². The van der Waals surface area contributed by atoms with E-state index < -0.39 is 11.7 Å². The molecule has 0 bridgehead atoms. The third kappa shape index (κ3) is 5.00. The second kappa shape index (κ2) is 9.62. The predicted molar refractivity (Wildman–Crippen MR) is 127 cm³/mol. The molecule has 2 heterocycles. The van der Waals surface area contributed by atoms with Gasteiger partial charge in [-0.15, -0.1) is 0 Å². The van der Waals surface area contributed by atoms with E-state index in [4.69, 9.17) is 4.74 Å². The molecular weight excluding hydrogens is 414 g/mol. The highest BCUT2D eigenvalue weighted by molar-refractivity contribution is 6.66. The fraction of sp³-hybridized carbons (Fsp3) is 0.333. The van der Waals surface area contributed by atoms with Crippen LogP contribution >= 0.6 is 0 Å². The monoisotopic (exact) mass is 439 g/mol. The molecule has 2 aromatic carbocycles. The normalized spacial score (nSPS) is 20.2. The Kier molecular flexibility index (Phi) is 6.25. The SMILES string of the molecule is O=C1N=CN=C(CC2CCc3cc(C#Cc4ccc(CN5CCOCC5)cc4)ccc32)C1=O. The van der Waals surface area contributed by atoms with Gasteiger partial charge in [0, 0.05) is 37.2 Å². The van der Waals surface area contributed by atoms with Crippen molar-refractivity contribution in [2.45, 2.75) is 31.7 Å². The molecule has 1 atom stereocenters. The Labute approximate surface area is 193 Å². The largest absolute Gasteiger partial charge is 0.379 e. The van der Waals surface area contributed by atoms with Gasteiger partial charge < -0.3 is 4.74 Å². The molecule has 1 aliphatic carbocycles. The average molecular weight is 440 g/mol. The lowest BCUT2D eigenvalue weighted by Gasteiger charge is -2.26. The summed E-state index contributed by atoms with van der Waals surface area (Å²) in [7, 11) is 0. The summed E-state index contributed by atoms with van der Waals surface area (Å²) in [4.78, 5) is 33.4. The quantitative estimate of drug-likeness (QED) is 0.543. The second-order valence-electron chi connectivity index (χ2n) is 8.64. The van der Waals surface area contributed by atoms with Gasteiger partial charge in [-0.1, -0.05) is 30.0 Å². The molecule has 6 heteroatoms. The van der Waals surface area contributed by atoms with Gasteiger partial charge in [0.1, 0.15) is 6.34 Å². The van der Waals surface area contributed by atoms with Crippen LogP contribution in [-0.4, -0.2) is 54.9 Å². The van der Waals surface area contributed by atoms with Crippen LogP contribution in [-0.2, 0) is 27.3 Å². The van der Waals surface area contributed by atoms with Crippen LogP contribution in [0.2, 0.25) is 0 Å². The number of aliphatic imine (C=N–C) groups is 2. The Morgan fingerprint density at radius 2 is 1.76 bits per heavy atom. The van der Waals surface area contributed by atoms with Gasteiger partial charge in [0.15, 0.2) is 0 Å². The van der Waals surface area contributed by atoms with Gasteiger partial charge >= 0.3 is 5.91 Å². The van der Waals surface area contributed by atoms with Crippen molar-refractivity contribution in [3.05, 3.63) is 70.3 Å².